The monoisotopic (exact) mass is 520 g/mol. The zero-order valence-electron chi connectivity index (χ0n) is 19.8. The molecule has 5 nitrogen and oxygen atoms in total. The van der Waals surface area contributed by atoms with Crippen molar-refractivity contribution in [2.75, 3.05) is 6.61 Å². The first-order chi connectivity index (χ1) is 17.4. The second kappa shape index (κ2) is 11.9. The molecule has 0 atom stereocenters. The average molecular weight is 521 g/mol. The lowest BCUT2D eigenvalue weighted by molar-refractivity contribution is -0.137. The van der Waals surface area contributed by atoms with Crippen LogP contribution in [0.15, 0.2) is 72.9 Å². The Morgan fingerprint density at radius 1 is 0.972 bits per heavy atom. The van der Waals surface area contributed by atoms with Crippen molar-refractivity contribution in [3.63, 3.8) is 0 Å². The van der Waals surface area contributed by atoms with Crippen LogP contribution in [-0.4, -0.2) is 27.2 Å². The van der Waals surface area contributed by atoms with Crippen molar-refractivity contribution in [1.29, 1.82) is 0 Å². The third-order valence-electron chi connectivity index (χ3n) is 5.70. The SMILES string of the molecule is Cn1cc(-c2ccc(Cl)cc2Cl)nc1C=Cc1ccc(-c2ccc(OCCCCC(=O)O)cc2)cc1. The van der Waals surface area contributed by atoms with Crippen molar-refractivity contribution in [3.8, 4) is 28.1 Å². The van der Waals surface area contributed by atoms with E-state index >= 15 is 0 Å². The summed E-state index contributed by atoms with van der Waals surface area (Å²) in [5, 5.41) is 9.84. The highest BCUT2D eigenvalue weighted by Gasteiger charge is 2.09. The number of benzene rings is 3. The molecule has 0 spiro atoms. The standard InChI is InChI=1S/C29H26Cl2N2O3/c1-33-19-27(25-15-12-23(30)18-26(25)31)32-28(33)16-7-20-5-8-21(9-6-20)22-10-13-24(14-11-22)36-17-3-2-4-29(34)35/h5-16,18-19H,2-4,17H2,1H3,(H,34,35). The van der Waals surface area contributed by atoms with E-state index < -0.39 is 5.97 Å². The number of carbonyl (C=O) groups is 1. The third-order valence-corrected chi connectivity index (χ3v) is 6.24. The van der Waals surface area contributed by atoms with Gasteiger partial charge in [0.05, 0.1) is 17.3 Å². The van der Waals surface area contributed by atoms with E-state index in [9.17, 15) is 4.79 Å². The molecule has 0 unspecified atom stereocenters. The molecule has 0 amide bonds. The minimum Gasteiger partial charge on any atom is -0.494 e. The Kier molecular flexibility index (Phi) is 8.47. The Hall–Kier alpha value is -3.54. The second-order valence-corrected chi connectivity index (χ2v) is 9.24. The van der Waals surface area contributed by atoms with E-state index in [2.05, 4.69) is 24.3 Å². The first-order valence-electron chi connectivity index (χ1n) is 11.6. The number of hydrogen-bond donors (Lipinski definition) is 1. The van der Waals surface area contributed by atoms with Crippen molar-refractivity contribution in [2.24, 2.45) is 7.05 Å². The van der Waals surface area contributed by atoms with Crippen LogP contribution in [0.5, 0.6) is 5.75 Å². The number of aromatic nitrogens is 2. The van der Waals surface area contributed by atoms with E-state index in [-0.39, 0.29) is 6.42 Å². The molecule has 0 saturated carbocycles. The van der Waals surface area contributed by atoms with E-state index in [1.807, 2.05) is 60.3 Å². The van der Waals surface area contributed by atoms with Gasteiger partial charge in [-0.1, -0.05) is 65.7 Å². The zero-order chi connectivity index (χ0) is 25.5. The fourth-order valence-electron chi connectivity index (χ4n) is 3.73. The molecular weight excluding hydrogens is 495 g/mol. The number of hydrogen-bond acceptors (Lipinski definition) is 3. The number of rotatable bonds is 10. The molecule has 4 rings (SSSR count). The number of aliphatic carboxylic acids is 1. The van der Waals surface area contributed by atoms with Crippen molar-refractivity contribution < 1.29 is 14.6 Å². The number of nitrogens with zero attached hydrogens (tertiary/aromatic N) is 2. The molecule has 7 heteroatoms. The van der Waals surface area contributed by atoms with Gasteiger partial charge in [0.1, 0.15) is 11.6 Å². The van der Waals surface area contributed by atoms with E-state index in [4.69, 9.17) is 38.0 Å². The first-order valence-corrected chi connectivity index (χ1v) is 12.4. The van der Waals surface area contributed by atoms with Crippen molar-refractivity contribution in [1.82, 2.24) is 9.55 Å². The number of carboxylic acid groups (broad SMARTS) is 1. The number of halogens is 2. The Labute approximate surface area is 220 Å². The fraction of sp³-hybridized carbons (Fsp3) is 0.172. The highest BCUT2D eigenvalue weighted by Crippen LogP contribution is 2.30. The van der Waals surface area contributed by atoms with Gasteiger partial charge in [-0.2, -0.15) is 0 Å². The van der Waals surface area contributed by atoms with Gasteiger partial charge in [0.25, 0.3) is 0 Å². The van der Waals surface area contributed by atoms with Gasteiger partial charge in [0, 0.05) is 30.3 Å². The molecule has 4 aromatic rings. The van der Waals surface area contributed by atoms with Gasteiger partial charge >= 0.3 is 5.97 Å². The molecule has 36 heavy (non-hydrogen) atoms. The average Bonchev–Trinajstić information content (AvgIpc) is 3.23. The first kappa shape index (κ1) is 25.5. The van der Waals surface area contributed by atoms with Crippen molar-refractivity contribution >= 4 is 41.3 Å². The van der Waals surface area contributed by atoms with Gasteiger partial charge < -0.3 is 14.4 Å². The van der Waals surface area contributed by atoms with Crippen LogP contribution < -0.4 is 4.74 Å². The molecule has 1 aromatic heterocycles. The largest absolute Gasteiger partial charge is 0.494 e. The Bertz CT molecular complexity index is 1360. The Morgan fingerprint density at radius 3 is 2.33 bits per heavy atom. The third kappa shape index (κ3) is 6.78. The number of aryl methyl sites for hydroxylation is 1. The van der Waals surface area contributed by atoms with Crippen LogP contribution in [0.1, 0.15) is 30.7 Å². The zero-order valence-corrected chi connectivity index (χ0v) is 21.3. The van der Waals surface area contributed by atoms with Gasteiger partial charge in [-0.05, 0) is 65.9 Å². The Morgan fingerprint density at radius 2 is 1.67 bits per heavy atom. The van der Waals surface area contributed by atoms with Crippen LogP contribution in [0, 0.1) is 0 Å². The summed E-state index contributed by atoms with van der Waals surface area (Å²) in [7, 11) is 1.95. The number of imidazole rings is 1. The molecule has 0 aliphatic heterocycles. The summed E-state index contributed by atoms with van der Waals surface area (Å²) in [6, 6.07) is 21.6. The fourth-order valence-corrected chi connectivity index (χ4v) is 4.24. The summed E-state index contributed by atoms with van der Waals surface area (Å²) in [6.07, 6.45) is 7.46. The summed E-state index contributed by atoms with van der Waals surface area (Å²) in [6.45, 7) is 0.512. The van der Waals surface area contributed by atoms with Crippen LogP contribution in [0.25, 0.3) is 34.5 Å². The second-order valence-electron chi connectivity index (χ2n) is 8.40. The van der Waals surface area contributed by atoms with Gasteiger partial charge in [-0.25, -0.2) is 4.98 Å². The molecule has 0 aliphatic carbocycles. The van der Waals surface area contributed by atoms with Gasteiger partial charge in [0.15, 0.2) is 0 Å². The normalized spacial score (nSPS) is 11.2. The molecule has 0 saturated heterocycles. The van der Waals surface area contributed by atoms with E-state index in [0.29, 0.717) is 23.1 Å². The summed E-state index contributed by atoms with van der Waals surface area (Å²) >= 11 is 12.3. The van der Waals surface area contributed by atoms with Crippen LogP contribution in [0.3, 0.4) is 0 Å². The number of ether oxygens (including phenoxy) is 1. The van der Waals surface area contributed by atoms with Crippen LogP contribution in [-0.2, 0) is 11.8 Å². The summed E-state index contributed by atoms with van der Waals surface area (Å²) in [5.41, 5.74) is 4.90. The minimum atomic E-state index is -0.772. The van der Waals surface area contributed by atoms with Crippen LogP contribution >= 0.6 is 23.2 Å². The molecule has 0 bridgehead atoms. The summed E-state index contributed by atoms with van der Waals surface area (Å²) in [4.78, 5) is 15.3. The molecule has 1 N–H and O–H groups in total. The number of unbranched alkanes of at least 4 members (excludes halogenated alkanes) is 1. The van der Waals surface area contributed by atoms with Gasteiger partial charge in [-0.15, -0.1) is 0 Å². The topological polar surface area (TPSA) is 64.4 Å². The van der Waals surface area contributed by atoms with Crippen molar-refractivity contribution in [3.05, 3.63) is 94.4 Å². The molecule has 0 fully saturated rings. The lowest BCUT2D eigenvalue weighted by Crippen LogP contribution is -2.00. The Balaban J connectivity index is 1.37. The molecule has 1 heterocycles. The highest BCUT2D eigenvalue weighted by atomic mass is 35.5. The maximum absolute atomic E-state index is 10.6. The maximum atomic E-state index is 10.6. The molecule has 0 radical (unpaired) electrons. The van der Waals surface area contributed by atoms with Gasteiger partial charge in [0.2, 0.25) is 0 Å². The maximum Gasteiger partial charge on any atom is 0.303 e. The van der Waals surface area contributed by atoms with E-state index in [1.54, 1.807) is 12.1 Å². The van der Waals surface area contributed by atoms with Crippen molar-refractivity contribution in [2.45, 2.75) is 19.3 Å². The van der Waals surface area contributed by atoms with Crippen LogP contribution in [0.4, 0.5) is 0 Å². The van der Waals surface area contributed by atoms with Crippen LogP contribution in [0.2, 0.25) is 10.0 Å². The summed E-state index contributed by atoms with van der Waals surface area (Å²) in [5.74, 6) is 0.827. The quantitative estimate of drug-likeness (QED) is 0.216. The van der Waals surface area contributed by atoms with E-state index in [0.717, 1.165) is 45.9 Å². The number of carboxylic acids is 1. The van der Waals surface area contributed by atoms with Gasteiger partial charge in [-0.3, -0.25) is 4.79 Å². The molecule has 3 aromatic carbocycles. The summed E-state index contributed by atoms with van der Waals surface area (Å²) < 4.78 is 7.66. The smallest absolute Gasteiger partial charge is 0.303 e. The minimum absolute atomic E-state index is 0.175. The lowest BCUT2D eigenvalue weighted by Gasteiger charge is -2.07. The molecule has 184 valence electrons. The highest BCUT2D eigenvalue weighted by molar-refractivity contribution is 6.36. The van der Waals surface area contributed by atoms with E-state index in [1.165, 1.54) is 0 Å². The molecular formula is C29H26Cl2N2O3. The lowest BCUT2D eigenvalue weighted by atomic mass is 10.0. The molecule has 0 aliphatic rings. The predicted molar refractivity (Wildman–Crippen MR) is 146 cm³/mol. The predicted octanol–water partition coefficient (Wildman–Crippen LogP) is 7.87.